The number of hydrogen-bond acceptors (Lipinski definition) is 2. The minimum Gasteiger partial charge on any atom is -0.329 e. The van der Waals surface area contributed by atoms with Crippen molar-refractivity contribution in [3.63, 3.8) is 0 Å². The maximum absolute atomic E-state index is 11.7. The van der Waals surface area contributed by atoms with Crippen LogP contribution in [0.25, 0.3) is 0 Å². The lowest BCUT2D eigenvalue weighted by molar-refractivity contribution is 0.156. The van der Waals surface area contributed by atoms with Gasteiger partial charge in [0.25, 0.3) is 5.56 Å². The van der Waals surface area contributed by atoms with Gasteiger partial charge in [0.1, 0.15) is 0 Å². The van der Waals surface area contributed by atoms with Crippen LogP contribution in [0.1, 0.15) is 37.8 Å². The third-order valence-corrected chi connectivity index (χ3v) is 3.23. The summed E-state index contributed by atoms with van der Waals surface area (Å²) < 4.78 is 0. The second kappa shape index (κ2) is 4.62. The van der Waals surface area contributed by atoms with Crippen LogP contribution in [0.3, 0.4) is 0 Å². The predicted molar refractivity (Wildman–Crippen MR) is 60.9 cm³/mol. The molecule has 3 heteroatoms. The lowest BCUT2D eigenvalue weighted by Gasteiger charge is -2.34. The topological polar surface area (TPSA) is 36.1 Å². The van der Waals surface area contributed by atoms with Gasteiger partial charge in [0, 0.05) is 17.8 Å². The van der Waals surface area contributed by atoms with Crippen molar-refractivity contribution in [2.45, 2.75) is 32.2 Å². The van der Waals surface area contributed by atoms with E-state index < -0.39 is 0 Å². The summed E-state index contributed by atoms with van der Waals surface area (Å²) in [5.41, 5.74) is 1.00. The van der Waals surface area contributed by atoms with Crippen LogP contribution < -0.4 is 5.56 Å². The first kappa shape index (κ1) is 10.4. The SMILES string of the molecule is CCN1CCCCC1c1ccc[nH]c1=O. The number of hydrogen-bond donors (Lipinski definition) is 1. The molecule has 2 heterocycles. The molecule has 0 saturated carbocycles. The van der Waals surface area contributed by atoms with Gasteiger partial charge in [-0.15, -0.1) is 0 Å². The molecule has 1 saturated heterocycles. The van der Waals surface area contributed by atoms with E-state index in [0.29, 0.717) is 6.04 Å². The van der Waals surface area contributed by atoms with Crippen molar-refractivity contribution in [2.75, 3.05) is 13.1 Å². The molecule has 1 aliphatic heterocycles. The summed E-state index contributed by atoms with van der Waals surface area (Å²) in [6.07, 6.45) is 5.30. The smallest absolute Gasteiger partial charge is 0.252 e. The largest absolute Gasteiger partial charge is 0.329 e. The predicted octanol–water partition coefficient (Wildman–Crippen LogP) is 1.92. The highest BCUT2D eigenvalue weighted by atomic mass is 16.1. The van der Waals surface area contributed by atoms with Gasteiger partial charge in [-0.2, -0.15) is 0 Å². The molecule has 1 fully saturated rings. The summed E-state index contributed by atoms with van der Waals surface area (Å²) in [6, 6.07) is 4.20. The van der Waals surface area contributed by atoms with Crippen LogP contribution in [-0.2, 0) is 0 Å². The van der Waals surface area contributed by atoms with E-state index in [4.69, 9.17) is 0 Å². The molecule has 1 atom stereocenters. The van der Waals surface area contributed by atoms with Crippen molar-refractivity contribution in [1.29, 1.82) is 0 Å². The van der Waals surface area contributed by atoms with E-state index in [1.807, 2.05) is 12.1 Å². The van der Waals surface area contributed by atoms with E-state index in [-0.39, 0.29) is 5.56 Å². The summed E-state index contributed by atoms with van der Waals surface area (Å²) in [5, 5.41) is 0. The van der Waals surface area contributed by atoms with Crippen LogP contribution >= 0.6 is 0 Å². The van der Waals surface area contributed by atoms with E-state index in [0.717, 1.165) is 25.1 Å². The molecule has 82 valence electrons. The van der Waals surface area contributed by atoms with E-state index in [9.17, 15) is 4.79 Å². The van der Waals surface area contributed by atoms with Crippen LogP contribution in [0.15, 0.2) is 23.1 Å². The summed E-state index contributed by atoms with van der Waals surface area (Å²) in [5.74, 6) is 0. The number of H-pyrrole nitrogens is 1. The van der Waals surface area contributed by atoms with E-state index in [2.05, 4.69) is 16.8 Å². The van der Waals surface area contributed by atoms with Gasteiger partial charge in [-0.05, 0) is 32.0 Å². The Balaban J connectivity index is 2.28. The van der Waals surface area contributed by atoms with Gasteiger partial charge in [0.2, 0.25) is 0 Å². The molecular formula is C12H18N2O. The summed E-state index contributed by atoms with van der Waals surface area (Å²) in [6.45, 7) is 4.31. The molecule has 0 bridgehead atoms. The Labute approximate surface area is 90.1 Å². The summed E-state index contributed by atoms with van der Waals surface area (Å²) in [4.78, 5) is 16.9. The Morgan fingerprint density at radius 2 is 2.40 bits per heavy atom. The molecular weight excluding hydrogens is 188 g/mol. The zero-order valence-electron chi connectivity index (χ0n) is 9.20. The number of rotatable bonds is 2. The average molecular weight is 206 g/mol. The van der Waals surface area contributed by atoms with Gasteiger partial charge >= 0.3 is 0 Å². The first-order valence-electron chi connectivity index (χ1n) is 5.74. The maximum atomic E-state index is 11.7. The summed E-state index contributed by atoms with van der Waals surface area (Å²) >= 11 is 0. The number of aromatic nitrogens is 1. The molecule has 15 heavy (non-hydrogen) atoms. The van der Waals surface area contributed by atoms with Crippen LogP contribution in [0.5, 0.6) is 0 Å². The van der Waals surface area contributed by atoms with Gasteiger partial charge in [-0.25, -0.2) is 0 Å². The molecule has 0 aliphatic carbocycles. The highest BCUT2D eigenvalue weighted by Crippen LogP contribution is 2.28. The van der Waals surface area contributed by atoms with Crippen LogP contribution in [-0.4, -0.2) is 23.0 Å². The Morgan fingerprint density at radius 1 is 1.53 bits per heavy atom. The van der Waals surface area contributed by atoms with Crippen molar-refractivity contribution in [2.24, 2.45) is 0 Å². The van der Waals surface area contributed by atoms with Crippen LogP contribution in [0.2, 0.25) is 0 Å². The molecule has 1 aliphatic rings. The molecule has 0 aromatic carbocycles. The molecule has 1 N–H and O–H groups in total. The van der Waals surface area contributed by atoms with E-state index >= 15 is 0 Å². The number of pyridine rings is 1. The standard InChI is InChI=1S/C12H18N2O/c1-2-14-9-4-3-7-11(14)10-6-5-8-13-12(10)15/h5-6,8,11H,2-4,7,9H2,1H3,(H,13,15). The molecule has 1 aromatic rings. The number of nitrogens with one attached hydrogen (secondary N) is 1. The molecule has 0 radical (unpaired) electrons. The lowest BCUT2D eigenvalue weighted by Crippen LogP contribution is -2.35. The number of likely N-dealkylation sites (tertiary alicyclic amines) is 1. The Kier molecular flexibility index (Phi) is 3.21. The highest BCUT2D eigenvalue weighted by molar-refractivity contribution is 5.15. The fourth-order valence-corrected chi connectivity index (χ4v) is 2.42. The monoisotopic (exact) mass is 206 g/mol. The minimum absolute atomic E-state index is 0.0721. The van der Waals surface area contributed by atoms with Crippen LogP contribution in [0, 0.1) is 0 Å². The van der Waals surface area contributed by atoms with Crippen LogP contribution in [0.4, 0.5) is 0 Å². The Hall–Kier alpha value is -1.09. The van der Waals surface area contributed by atoms with Gasteiger partial charge in [-0.1, -0.05) is 19.4 Å². The third kappa shape index (κ3) is 2.12. The lowest BCUT2D eigenvalue weighted by atomic mass is 9.96. The third-order valence-electron chi connectivity index (χ3n) is 3.23. The first-order chi connectivity index (χ1) is 7.33. The van der Waals surface area contributed by atoms with Gasteiger partial charge in [-0.3, -0.25) is 9.69 Å². The fraction of sp³-hybridized carbons (Fsp3) is 0.583. The first-order valence-corrected chi connectivity index (χ1v) is 5.74. The normalized spacial score (nSPS) is 22.9. The zero-order chi connectivity index (χ0) is 10.7. The molecule has 0 spiro atoms. The second-order valence-corrected chi connectivity index (χ2v) is 4.09. The van der Waals surface area contributed by atoms with Crippen molar-refractivity contribution >= 4 is 0 Å². The Bertz CT molecular complexity index is 372. The van der Waals surface area contributed by atoms with E-state index in [1.54, 1.807) is 6.20 Å². The van der Waals surface area contributed by atoms with Crippen molar-refractivity contribution in [3.05, 3.63) is 34.2 Å². The fourth-order valence-electron chi connectivity index (χ4n) is 2.42. The molecule has 1 unspecified atom stereocenters. The van der Waals surface area contributed by atoms with Crippen molar-refractivity contribution < 1.29 is 0 Å². The molecule has 2 rings (SSSR count). The zero-order valence-corrected chi connectivity index (χ0v) is 9.20. The second-order valence-electron chi connectivity index (χ2n) is 4.09. The van der Waals surface area contributed by atoms with E-state index in [1.165, 1.54) is 12.8 Å². The number of nitrogens with zero attached hydrogens (tertiary/aromatic N) is 1. The van der Waals surface area contributed by atoms with Crippen molar-refractivity contribution in [3.8, 4) is 0 Å². The van der Waals surface area contributed by atoms with Gasteiger partial charge < -0.3 is 4.98 Å². The summed E-state index contributed by atoms with van der Waals surface area (Å²) in [7, 11) is 0. The van der Waals surface area contributed by atoms with Gasteiger partial charge in [0.05, 0.1) is 0 Å². The molecule has 1 aromatic heterocycles. The maximum Gasteiger partial charge on any atom is 0.252 e. The number of piperidine rings is 1. The minimum atomic E-state index is 0.0721. The Morgan fingerprint density at radius 3 is 3.13 bits per heavy atom. The quantitative estimate of drug-likeness (QED) is 0.802. The average Bonchev–Trinajstić information content (AvgIpc) is 2.30. The van der Waals surface area contributed by atoms with Gasteiger partial charge in [0.15, 0.2) is 0 Å². The highest BCUT2D eigenvalue weighted by Gasteiger charge is 2.24. The molecule has 3 nitrogen and oxygen atoms in total. The van der Waals surface area contributed by atoms with Crippen molar-refractivity contribution in [1.82, 2.24) is 9.88 Å². The number of aromatic amines is 1. The molecule has 0 amide bonds.